The van der Waals surface area contributed by atoms with E-state index in [9.17, 15) is 9.59 Å². The quantitative estimate of drug-likeness (QED) is 0.440. The number of aromatic nitrogens is 1. The first-order valence-corrected chi connectivity index (χ1v) is 9.34. The summed E-state index contributed by atoms with van der Waals surface area (Å²) in [5.41, 5.74) is 2.56. The lowest BCUT2D eigenvalue weighted by molar-refractivity contribution is 0.0469. The number of thiazole rings is 1. The zero-order valence-electron chi connectivity index (χ0n) is 15.7. The Labute approximate surface area is 166 Å². The molecule has 0 bridgehead atoms. The lowest BCUT2D eigenvalue weighted by Crippen LogP contribution is -2.15. The van der Waals surface area contributed by atoms with Crippen molar-refractivity contribution in [3.8, 4) is 22.1 Å². The average molecular weight is 397 g/mol. The van der Waals surface area contributed by atoms with Gasteiger partial charge in [0.05, 0.1) is 19.8 Å². The van der Waals surface area contributed by atoms with Gasteiger partial charge in [-0.15, -0.1) is 11.3 Å². The molecule has 2 aromatic carbocycles. The molecule has 0 N–H and O–H groups in total. The Morgan fingerprint density at radius 1 is 1.04 bits per heavy atom. The van der Waals surface area contributed by atoms with Crippen molar-refractivity contribution >= 4 is 23.1 Å². The van der Waals surface area contributed by atoms with E-state index in [4.69, 9.17) is 14.2 Å². The number of carbonyl (C=O) groups excluding carboxylic acids is 2. The topological polar surface area (TPSA) is 74.7 Å². The number of rotatable bonds is 7. The maximum atomic E-state index is 12.4. The van der Waals surface area contributed by atoms with Crippen LogP contribution in [0.2, 0.25) is 0 Å². The van der Waals surface area contributed by atoms with Gasteiger partial charge in [-0.25, -0.2) is 9.78 Å². The zero-order valence-corrected chi connectivity index (χ0v) is 16.5. The van der Waals surface area contributed by atoms with Crippen molar-refractivity contribution in [2.24, 2.45) is 0 Å². The van der Waals surface area contributed by atoms with Crippen LogP contribution in [0.3, 0.4) is 0 Å². The number of benzene rings is 2. The maximum absolute atomic E-state index is 12.4. The van der Waals surface area contributed by atoms with Gasteiger partial charge in [-0.2, -0.15) is 0 Å². The molecular formula is C21H19NO5S. The predicted molar refractivity (Wildman–Crippen MR) is 106 cm³/mol. The Bertz CT molecular complexity index is 994. The number of esters is 1. The molecule has 7 heteroatoms. The number of hydrogen-bond acceptors (Lipinski definition) is 7. The van der Waals surface area contributed by atoms with Crippen molar-refractivity contribution in [2.45, 2.75) is 6.92 Å². The van der Waals surface area contributed by atoms with Crippen LogP contribution in [-0.4, -0.2) is 37.6 Å². The van der Waals surface area contributed by atoms with Gasteiger partial charge in [0.25, 0.3) is 0 Å². The zero-order chi connectivity index (χ0) is 20.1. The van der Waals surface area contributed by atoms with Crippen LogP contribution in [-0.2, 0) is 4.74 Å². The summed E-state index contributed by atoms with van der Waals surface area (Å²) in [4.78, 5) is 29.0. The van der Waals surface area contributed by atoms with Crippen LogP contribution in [0.5, 0.6) is 11.5 Å². The Morgan fingerprint density at radius 3 is 2.46 bits per heavy atom. The number of hydrogen-bond donors (Lipinski definition) is 0. The van der Waals surface area contributed by atoms with Crippen molar-refractivity contribution in [3.63, 3.8) is 0 Å². The highest BCUT2D eigenvalue weighted by atomic mass is 32.1. The Morgan fingerprint density at radius 2 is 1.79 bits per heavy atom. The first-order chi connectivity index (χ1) is 13.5. The molecule has 6 nitrogen and oxygen atoms in total. The van der Waals surface area contributed by atoms with Gasteiger partial charge in [-0.05, 0) is 19.1 Å². The van der Waals surface area contributed by atoms with E-state index in [1.54, 1.807) is 23.6 Å². The van der Waals surface area contributed by atoms with E-state index in [0.717, 1.165) is 16.1 Å². The van der Waals surface area contributed by atoms with Crippen LogP contribution in [0.25, 0.3) is 10.6 Å². The Balaban J connectivity index is 1.66. The predicted octanol–water partition coefficient (Wildman–Crippen LogP) is 4.18. The highest BCUT2D eigenvalue weighted by molar-refractivity contribution is 7.13. The Kier molecular flexibility index (Phi) is 6.06. The number of nitrogens with zero attached hydrogens (tertiary/aromatic N) is 1. The third kappa shape index (κ3) is 4.37. The van der Waals surface area contributed by atoms with Crippen molar-refractivity contribution < 1.29 is 23.8 Å². The van der Waals surface area contributed by atoms with Crippen LogP contribution in [0.4, 0.5) is 0 Å². The molecule has 3 rings (SSSR count). The van der Waals surface area contributed by atoms with Crippen molar-refractivity contribution in [3.05, 3.63) is 64.7 Å². The molecule has 1 heterocycles. The normalized spacial score (nSPS) is 10.4. The minimum Gasteiger partial charge on any atom is -0.497 e. The first kappa shape index (κ1) is 19.6. The number of carbonyl (C=O) groups is 2. The molecule has 3 aromatic rings. The largest absolute Gasteiger partial charge is 0.497 e. The van der Waals surface area contributed by atoms with Crippen LogP contribution in [0.15, 0.2) is 47.8 Å². The molecule has 0 aliphatic heterocycles. The van der Waals surface area contributed by atoms with Gasteiger partial charge in [0.1, 0.15) is 16.5 Å². The van der Waals surface area contributed by atoms with Gasteiger partial charge in [0.15, 0.2) is 12.3 Å². The second kappa shape index (κ2) is 8.67. The van der Waals surface area contributed by atoms with Crippen LogP contribution in [0.1, 0.15) is 26.4 Å². The standard InChI is InChI=1S/C21H19NO5S/c1-13-4-6-14(7-5-13)20-22-17(12-28-20)21(24)27-11-18(23)16-9-8-15(25-2)10-19(16)26-3/h4-10,12H,11H2,1-3H3. The number of aryl methyl sites for hydroxylation is 1. The van der Waals surface area contributed by atoms with Crippen molar-refractivity contribution in [2.75, 3.05) is 20.8 Å². The molecular weight excluding hydrogens is 378 g/mol. The molecule has 0 radical (unpaired) electrons. The second-order valence-electron chi connectivity index (χ2n) is 5.97. The molecule has 0 unspecified atom stereocenters. The summed E-state index contributed by atoms with van der Waals surface area (Å²) >= 11 is 1.35. The summed E-state index contributed by atoms with van der Waals surface area (Å²) in [5, 5.41) is 2.34. The van der Waals surface area contributed by atoms with Gasteiger partial charge in [-0.3, -0.25) is 4.79 Å². The van der Waals surface area contributed by atoms with Gasteiger partial charge in [-0.1, -0.05) is 29.8 Å². The van der Waals surface area contributed by atoms with E-state index < -0.39 is 12.6 Å². The molecule has 1 aromatic heterocycles. The molecule has 0 amide bonds. The van der Waals surface area contributed by atoms with E-state index in [1.165, 1.54) is 25.6 Å². The van der Waals surface area contributed by atoms with E-state index in [2.05, 4.69) is 4.98 Å². The highest BCUT2D eigenvalue weighted by Crippen LogP contribution is 2.26. The van der Waals surface area contributed by atoms with E-state index >= 15 is 0 Å². The summed E-state index contributed by atoms with van der Waals surface area (Å²) in [6.07, 6.45) is 0. The third-order valence-corrected chi connectivity index (χ3v) is 4.95. The van der Waals surface area contributed by atoms with Gasteiger partial charge in [0, 0.05) is 17.0 Å². The van der Waals surface area contributed by atoms with Crippen LogP contribution >= 0.6 is 11.3 Å². The lowest BCUT2D eigenvalue weighted by Gasteiger charge is -2.09. The van der Waals surface area contributed by atoms with Crippen LogP contribution in [0, 0.1) is 6.92 Å². The molecule has 0 atom stereocenters. The third-order valence-electron chi connectivity index (χ3n) is 4.06. The fourth-order valence-corrected chi connectivity index (χ4v) is 3.30. The molecule has 0 fully saturated rings. The summed E-state index contributed by atoms with van der Waals surface area (Å²) in [6, 6.07) is 12.7. The summed E-state index contributed by atoms with van der Waals surface area (Å²) in [6.45, 7) is 1.60. The monoisotopic (exact) mass is 397 g/mol. The van der Waals surface area contributed by atoms with Gasteiger partial charge in [0.2, 0.25) is 5.78 Å². The smallest absolute Gasteiger partial charge is 0.358 e. The summed E-state index contributed by atoms with van der Waals surface area (Å²) < 4.78 is 15.5. The summed E-state index contributed by atoms with van der Waals surface area (Å²) in [5.74, 6) is -0.0931. The number of methoxy groups -OCH3 is 2. The molecule has 144 valence electrons. The summed E-state index contributed by atoms with van der Waals surface area (Å²) in [7, 11) is 2.98. The second-order valence-corrected chi connectivity index (χ2v) is 6.83. The van der Waals surface area contributed by atoms with Crippen molar-refractivity contribution in [1.29, 1.82) is 0 Å². The highest BCUT2D eigenvalue weighted by Gasteiger charge is 2.18. The molecule has 0 saturated carbocycles. The fourth-order valence-electron chi connectivity index (χ4n) is 2.51. The molecule has 28 heavy (non-hydrogen) atoms. The Hall–Kier alpha value is -3.19. The number of Topliss-reactive ketones (excluding diaryl/α,β-unsaturated/α-hetero) is 1. The molecule has 0 saturated heterocycles. The molecule has 0 aliphatic rings. The van der Waals surface area contributed by atoms with Crippen LogP contribution < -0.4 is 9.47 Å². The van der Waals surface area contributed by atoms with E-state index in [0.29, 0.717) is 17.1 Å². The van der Waals surface area contributed by atoms with Gasteiger partial charge < -0.3 is 14.2 Å². The first-order valence-electron chi connectivity index (χ1n) is 8.46. The average Bonchev–Trinajstić information content (AvgIpc) is 3.22. The number of ketones is 1. The van der Waals surface area contributed by atoms with E-state index in [1.807, 2.05) is 31.2 Å². The number of ether oxygens (including phenoxy) is 3. The minimum atomic E-state index is -0.643. The van der Waals surface area contributed by atoms with Crippen molar-refractivity contribution in [1.82, 2.24) is 4.98 Å². The lowest BCUT2D eigenvalue weighted by atomic mass is 10.1. The van der Waals surface area contributed by atoms with Gasteiger partial charge >= 0.3 is 5.97 Å². The minimum absolute atomic E-state index is 0.176. The van der Waals surface area contributed by atoms with E-state index in [-0.39, 0.29) is 11.5 Å². The maximum Gasteiger partial charge on any atom is 0.358 e. The SMILES string of the molecule is COc1ccc(C(=O)COC(=O)c2csc(-c3ccc(C)cc3)n2)c(OC)c1. The fraction of sp³-hybridized carbons (Fsp3) is 0.190. The molecule has 0 aliphatic carbocycles. The molecule has 0 spiro atoms.